The Labute approximate surface area is 149 Å². The van der Waals surface area contributed by atoms with Crippen LogP contribution in [0.25, 0.3) is 0 Å². The lowest BCUT2D eigenvalue weighted by Crippen LogP contribution is -2.14. The first-order valence-corrected chi connectivity index (χ1v) is 8.77. The van der Waals surface area contributed by atoms with Gasteiger partial charge in [0.05, 0.1) is 18.2 Å². The van der Waals surface area contributed by atoms with E-state index in [1.807, 2.05) is 12.1 Å². The van der Waals surface area contributed by atoms with E-state index in [4.69, 9.17) is 28.5 Å². The molecule has 0 atom stereocenters. The summed E-state index contributed by atoms with van der Waals surface area (Å²) in [5.41, 5.74) is 2.48. The number of thioether (sulfide) groups is 1. The van der Waals surface area contributed by atoms with Crippen LogP contribution in [0.1, 0.15) is 11.1 Å². The summed E-state index contributed by atoms with van der Waals surface area (Å²) in [6, 6.07) is 14.7. The molecule has 2 aromatic carbocycles. The van der Waals surface area contributed by atoms with E-state index in [9.17, 15) is 4.79 Å². The summed E-state index contributed by atoms with van der Waals surface area (Å²) in [4.78, 5) is 11.9. The van der Waals surface area contributed by atoms with Gasteiger partial charge in [0.2, 0.25) is 5.91 Å². The summed E-state index contributed by atoms with van der Waals surface area (Å²) in [7, 11) is 0. The Hall–Kier alpha value is -1.67. The van der Waals surface area contributed by atoms with Crippen LogP contribution < -0.4 is 5.32 Å². The van der Waals surface area contributed by atoms with Crippen molar-refractivity contribution >= 4 is 46.6 Å². The maximum atomic E-state index is 11.9. The minimum atomic E-state index is -0.0915. The molecule has 0 radical (unpaired) electrons. The summed E-state index contributed by atoms with van der Waals surface area (Å²) < 4.78 is 0. The first-order valence-electron chi connectivity index (χ1n) is 6.86. The number of halogens is 2. The summed E-state index contributed by atoms with van der Waals surface area (Å²) in [5.74, 6) is 0.792. The molecule has 1 N–H and O–H groups in total. The molecule has 0 saturated carbocycles. The molecule has 3 nitrogen and oxygen atoms in total. The van der Waals surface area contributed by atoms with Crippen molar-refractivity contribution in [1.82, 2.24) is 0 Å². The van der Waals surface area contributed by atoms with Crippen LogP contribution in [-0.2, 0) is 17.0 Å². The second-order valence-corrected chi connectivity index (χ2v) is 6.57. The third kappa shape index (κ3) is 5.47. The van der Waals surface area contributed by atoms with Crippen LogP contribution in [0.5, 0.6) is 0 Å². The highest BCUT2D eigenvalue weighted by molar-refractivity contribution is 7.99. The van der Waals surface area contributed by atoms with Crippen molar-refractivity contribution in [2.24, 2.45) is 0 Å². The molecule has 0 aromatic heterocycles. The van der Waals surface area contributed by atoms with Crippen LogP contribution in [0.15, 0.2) is 42.5 Å². The highest BCUT2D eigenvalue weighted by Gasteiger charge is 2.08. The zero-order valence-corrected chi connectivity index (χ0v) is 14.5. The van der Waals surface area contributed by atoms with Gasteiger partial charge in [0, 0.05) is 21.5 Å². The molecular weight excluding hydrogens is 351 g/mol. The molecule has 0 heterocycles. The van der Waals surface area contributed by atoms with Gasteiger partial charge in [0.1, 0.15) is 0 Å². The summed E-state index contributed by atoms with van der Waals surface area (Å²) in [5, 5.41) is 12.7. The molecule has 118 valence electrons. The van der Waals surface area contributed by atoms with Gasteiger partial charge in [-0.25, -0.2) is 0 Å². The fourth-order valence-electron chi connectivity index (χ4n) is 1.91. The van der Waals surface area contributed by atoms with Crippen LogP contribution >= 0.6 is 35.0 Å². The Bertz CT molecular complexity index is 706. The predicted molar refractivity (Wildman–Crippen MR) is 97.0 cm³/mol. The number of nitrogens with zero attached hydrogens (tertiary/aromatic N) is 1. The van der Waals surface area contributed by atoms with Gasteiger partial charge in [-0.2, -0.15) is 5.26 Å². The van der Waals surface area contributed by atoms with E-state index < -0.39 is 0 Å². The van der Waals surface area contributed by atoms with Crippen molar-refractivity contribution in [2.75, 3.05) is 11.1 Å². The van der Waals surface area contributed by atoms with Crippen LogP contribution in [0, 0.1) is 11.3 Å². The van der Waals surface area contributed by atoms with Gasteiger partial charge in [0.25, 0.3) is 0 Å². The number of carbonyl (C=O) groups is 1. The van der Waals surface area contributed by atoms with E-state index in [2.05, 4.69) is 11.4 Å². The van der Waals surface area contributed by atoms with Crippen molar-refractivity contribution in [2.45, 2.75) is 12.2 Å². The lowest BCUT2D eigenvalue weighted by atomic mass is 10.1. The Morgan fingerprint density at radius 3 is 2.39 bits per heavy atom. The van der Waals surface area contributed by atoms with Gasteiger partial charge in [-0.1, -0.05) is 41.4 Å². The molecule has 0 aliphatic heterocycles. The van der Waals surface area contributed by atoms with Crippen LogP contribution in [0.3, 0.4) is 0 Å². The standard InChI is InChI=1S/C17H14Cl2N2OS/c18-15-2-1-3-16(19)14(15)10-23-11-17(22)21-13-6-4-12(5-7-13)8-9-20/h1-7H,8,10-11H2,(H,21,22). The van der Waals surface area contributed by atoms with Crippen LogP contribution in [0.2, 0.25) is 10.0 Å². The number of rotatable bonds is 6. The normalized spacial score (nSPS) is 10.1. The van der Waals surface area contributed by atoms with Gasteiger partial charge in [-0.3, -0.25) is 4.79 Å². The van der Waals surface area contributed by atoms with Crippen molar-refractivity contribution < 1.29 is 4.79 Å². The van der Waals surface area contributed by atoms with E-state index in [1.165, 1.54) is 11.8 Å². The molecule has 0 aliphatic carbocycles. The highest BCUT2D eigenvalue weighted by atomic mass is 35.5. The molecule has 0 unspecified atom stereocenters. The van der Waals surface area contributed by atoms with Crippen molar-refractivity contribution in [3.63, 3.8) is 0 Å². The molecule has 2 aromatic rings. The maximum absolute atomic E-state index is 11.9. The Kier molecular flexibility index (Phi) is 6.79. The smallest absolute Gasteiger partial charge is 0.234 e. The van der Waals surface area contributed by atoms with E-state index in [-0.39, 0.29) is 5.91 Å². The average Bonchev–Trinajstić information content (AvgIpc) is 2.52. The third-order valence-corrected chi connectivity index (χ3v) is 4.73. The molecular formula is C17H14Cl2N2OS. The lowest BCUT2D eigenvalue weighted by Gasteiger charge is -2.08. The SMILES string of the molecule is N#CCc1ccc(NC(=O)CSCc2c(Cl)cccc2Cl)cc1. The summed E-state index contributed by atoms with van der Waals surface area (Å²) >= 11 is 13.6. The molecule has 2 rings (SSSR count). The Balaban J connectivity index is 1.82. The first-order chi connectivity index (χ1) is 11.1. The molecule has 0 saturated heterocycles. The van der Waals surface area contributed by atoms with Crippen LogP contribution in [-0.4, -0.2) is 11.7 Å². The maximum Gasteiger partial charge on any atom is 0.234 e. The van der Waals surface area contributed by atoms with E-state index in [0.29, 0.717) is 33.7 Å². The number of hydrogen-bond acceptors (Lipinski definition) is 3. The van der Waals surface area contributed by atoms with Crippen molar-refractivity contribution in [3.05, 3.63) is 63.6 Å². The molecule has 0 fully saturated rings. The van der Waals surface area contributed by atoms with E-state index in [0.717, 1.165) is 11.1 Å². The largest absolute Gasteiger partial charge is 0.325 e. The molecule has 6 heteroatoms. The number of carbonyl (C=O) groups excluding carboxylic acids is 1. The second-order valence-electron chi connectivity index (χ2n) is 4.77. The van der Waals surface area contributed by atoms with Gasteiger partial charge in [-0.15, -0.1) is 11.8 Å². The lowest BCUT2D eigenvalue weighted by molar-refractivity contribution is -0.113. The Morgan fingerprint density at radius 1 is 1.13 bits per heavy atom. The molecule has 23 heavy (non-hydrogen) atoms. The number of amides is 1. The van der Waals surface area contributed by atoms with Gasteiger partial charge in [0.15, 0.2) is 0 Å². The van der Waals surface area contributed by atoms with Crippen LogP contribution in [0.4, 0.5) is 5.69 Å². The number of nitriles is 1. The third-order valence-electron chi connectivity index (χ3n) is 3.06. The Morgan fingerprint density at radius 2 is 1.78 bits per heavy atom. The summed E-state index contributed by atoms with van der Waals surface area (Å²) in [6.07, 6.45) is 0.364. The fourth-order valence-corrected chi connectivity index (χ4v) is 3.47. The monoisotopic (exact) mass is 364 g/mol. The number of hydrogen-bond donors (Lipinski definition) is 1. The first kappa shape index (κ1) is 17.7. The molecule has 0 aliphatic rings. The molecule has 0 spiro atoms. The second kappa shape index (κ2) is 8.83. The minimum Gasteiger partial charge on any atom is -0.325 e. The molecule has 1 amide bonds. The van der Waals surface area contributed by atoms with Crippen molar-refractivity contribution in [3.8, 4) is 6.07 Å². The van der Waals surface area contributed by atoms with Gasteiger partial charge < -0.3 is 5.32 Å². The highest BCUT2D eigenvalue weighted by Crippen LogP contribution is 2.28. The fraction of sp³-hybridized carbons (Fsp3) is 0.176. The number of anilines is 1. The molecule has 0 bridgehead atoms. The van der Waals surface area contributed by atoms with Crippen molar-refractivity contribution in [1.29, 1.82) is 5.26 Å². The van der Waals surface area contributed by atoms with Gasteiger partial charge >= 0.3 is 0 Å². The zero-order valence-electron chi connectivity index (χ0n) is 12.2. The summed E-state index contributed by atoms with van der Waals surface area (Å²) in [6.45, 7) is 0. The van der Waals surface area contributed by atoms with Gasteiger partial charge in [-0.05, 0) is 35.4 Å². The van der Waals surface area contributed by atoms with E-state index >= 15 is 0 Å². The minimum absolute atomic E-state index is 0.0915. The average molecular weight is 365 g/mol. The quantitative estimate of drug-likeness (QED) is 0.790. The zero-order chi connectivity index (χ0) is 16.7. The topological polar surface area (TPSA) is 52.9 Å². The van der Waals surface area contributed by atoms with E-state index in [1.54, 1.807) is 30.3 Å². The number of benzene rings is 2. The predicted octanol–water partition coefficient (Wildman–Crippen LogP) is 4.93. The number of nitrogens with one attached hydrogen (secondary N) is 1.